The van der Waals surface area contributed by atoms with E-state index in [-0.39, 0.29) is 18.8 Å². The van der Waals surface area contributed by atoms with Crippen LogP contribution in [0.4, 0.5) is 14.7 Å². The number of halogens is 2. The van der Waals surface area contributed by atoms with Gasteiger partial charge in [-0.2, -0.15) is 0 Å². The van der Waals surface area contributed by atoms with Crippen molar-refractivity contribution in [2.75, 3.05) is 19.0 Å². The zero-order chi connectivity index (χ0) is 16.4. The fraction of sp³-hybridized carbons (Fsp3) is 0.600. The van der Waals surface area contributed by atoms with Crippen molar-refractivity contribution in [2.24, 2.45) is 5.92 Å². The summed E-state index contributed by atoms with van der Waals surface area (Å²) in [5.74, 6) is -1.63. The van der Waals surface area contributed by atoms with E-state index in [4.69, 9.17) is 0 Å². The Kier molecular flexibility index (Phi) is 4.23. The highest BCUT2D eigenvalue weighted by Crippen LogP contribution is 2.36. The molecule has 8 heteroatoms. The summed E-state index contributed by atoms with van der Waals surface area (Å²) in [5.41, 5.74) is 1.48. The van der Waals surface area contributed by atoms with Gasteiger partial charge in [0, 0.05) is 51.4 Å². The van der Waals surface area contributed by atoms with Gasteiger partial charge in [-0.25, -0.2) is 18.7 Å². The molecule has 0 aliphatic heterocycles. The van der Waals surface area contributed by atoms with Crippen molar-refractivity contribution in [2.45, 2.75) is 38.2 Å². The van der Waals surface area contributed by atoms with Crippen LogP contribution in [0.25, 0.3) is 11.3 Å². The third-order valence-electron chi connectivity index (χ3n) is 4.15. The monoisotopic (exact) mass is 322 g/mol. The number of hydrogen-bond donors (Lipinski definition) is 0. The van der Waals surface area contributed by atoms with E-state index in [9.17, 15) is 8.78 Å². The summed E-state index contributed by atoms with van der Waals surface area (Å²) in [6, 6.07) is 0. The molecular formula is C15H20F2N6. The lowest BCUT2D eigenvalue weighted by Gasteiger charge is -2.27. The van der Waals surface area contributed by atoms with Crippen LogP contribution in [-0.2, 0) is 6.54 Å². The number of aromatic nitrogens is 5. The largest absolute Gasteiger partial charge is 0.347 e. The van der Waals surface area contributed by atoms with Crippen LogP contribution in [-0.4, -0.2) is 45.0 Å². The maximum absolute atomic E-state index is 13.2. The van der Waals surface area contributed by atoms with Crippen molar-refractivity contribution in [1.82, 2.24) is 25.0 Å². The summed E-state index contributed by atoms with van der Waals surface area (Å²) in [4.78, 5) is 10.3. The first-order valence-electron chi connectivity index (χ1n) is 7.71. The molecule has 0 saturated heterocycles. The average Bonchev–Trinajstić information content (AvgIpc) is 2.98. The minimum absolute atomic E-state index is 0.0287. The van der Waals surface area contributed by atoms with Crippen LogP contribution in [0, 0.1) is 5.92 Å². The Bertz CT molecular complexity index is 642. The molecule has 1 fully saturated rings. The van der Waals surface area contributed by atoms with E-state index >= 15 is 0 Å². The van der Waals surface area contributed by atoms with Gasteiger partial charge >= 0.3 is 0 Å². The lowest BCUT2D eigenvalue weighted by atomic mass is 9.87. The van der Waals surface area contributed by atoms with Crippen LogP contribution in [0.2, 0.25) is 0 Å². The fourth-order valence-electron chi connectivity index (χ4n) is 2.75. The van der Waals surface area contributed by atoms with E-state index in [0.717, 1.165) is 5.56 Å². The summed E-state index contributed by atoms with van der Waals surface area (Å²) >= 11 is 0. The first-order chi connectivity index (χ1) is 10.9. The predicted molar refractivity (Wildman–Crippen MR) is 82.3 cm³/mol. The van der Waals surface area contributed by atoms with Gasteiger partial charge in [-0.05, 0) is 18.8 Å². The maximum atomic E-state index is 13.2. The molecular weight excluding hydrogens is 302 g/mol. The lowest BCUT2D eigenvalue weighted by Crippen LogP contribution is -2.26. The molecule has 2 aromatic heterocycles. The van der Waals surface area contributed by atoms with Crippen molar-refractivity contribution in [1.29, 1.82) is 0 Å². The molecule has 0 spiro atoms. The highest BCUT2D eigenvalue weighted by Gasteiger charge is 2.34. The Morgan fingerprint density at radius 3 is 2.48 bits per heavy atom. The molecule has 0 unspecified atom stereocenters. The Morgan fingerprint density at radius 2 is 1.87 bits per heavy atom. The Morgan fingerprint density at radius 1 is 1.22 bits per heavy atom. The number of nitrogens with zero attached hydrogens (tertiary/aromatic N) is 6. The molecule has 1 aliphatic rings. The molecule has 6 nitrogen and oxygen atoms in total. The van der Waals surface area contributed by atoms with Crippen molar-refractivity contribution in [3.63, 3.8) is 0 Å². The fourth-order valence-corrected chi connectivity index (χ4v) is 2.75. The number of alkyl halides is 2. The van der Waals surface area contributed by atoms with Crippen LogP contribution in [0.3, 0.4) is 0 Å². The molecule has 23 heavy (non-hydrogen) atoms. The molecule has 0 N–H and O–H groups in total. The van der Waals surface area contributed by atoms with Crippen LogP contribution in [0.15, 0.2) is 18.6 Å². The maximum Gasteiger partial charge on any atom is 0.248 e. The van der Waals surface area contributed by atoms with Gasteiger partial charge in [-0.15, -0.1) is 5.10 Å². The summed E-state index contributed by atoms with van der Waals surface area (Å²) in [7, 11) is 3.75. The second-order valence-corrected chi connectivity index (χ2v) is 6.29. The number of anilines is 1. The average molecular weight is 322 g/mol. The second kappa shape index (κ2) is 6.17. The Hall–Kier alpha value is -2.12. The van der Waals surface area contributed by atoms with E-state index in [1.165, 1.54) is 0 Å². The van der Waals surface area contributed by atoms with Crippen LogP contribution in [0.1, 0.15) is 25.7 Å². The van der Waals surface area contributed by atoms with E-state index in [0.29, 0.717) is 31.0 Å². The smallest absolute Gasteiger partial charge is 0.248 e. The van der Waals surface area contributed by atoms with Crippen LogP contribution >= 0.6 is 0 Å². The molecule has 0 bridgehead atoms. The Labute approximate surface area is 133 Å². The van der Waals surface area contributed by atoms with Gasteiger partial charge < -0.3 is 4.90 Å². The molecule has 0 aromatic carbocycles. The standard InChI is InChI=1S/C15H20F2N6/c1-22(2)14-18-7-12(8-19-14)13-10-23(21-20-13)9-11-3-5-15(16,17)6-4-11/h7-8,10-11H,3-6,9H2,1-2H3. The van der Waals surface area contributed by atoms with Gasteiger partial charge in [0.1, 0.15) is 5.69 Å². The molecule has 0 amide bonds. The third kappa shape index (κ3) is 3.80. The van der Waals surface area contributed by atoms with Crippen molar-refractivity contribution < 1.29 is 8.78 Å². The molecule has 3 rings (SSSR count). The number of rotatable bonds is 4. The minimum Gasteiger partial charge on any atom is -0.347 e. The van der Waals surface area contributed by atoms with E-state index in [1.54, 1.807) is 17.1 Å². The quantitative estimate of drug-likeness (QED) is 0.866. The lowest BCUT2D eigenvalue weighted by molar-refractivity contribution is -0.0476. The van der Waals surface area contributed by atoms with E-state index in [2.05, 4.69) is 20.3 Å². The van der Waals surface area contributed by atoms with Crippen molar-refractivity contribution >= 4 is 5.95 Å². The topological polar surface area (TPSA) is 59.7 Å². The summed E-state index contributed by atoms with van der Waals surface area (Å²) < 4.78 is 28.1. The zero-order valence-electron chi connectivity index (χ0n) is 13.3. The van der Waals surface area contributed by atoms with Gasteiger partial charge in [-0.1, -0.05) is 5.21 Å². The minimum atomic E-state index is -2.49. The van der Waals surface area contributed by atoms with Crippen molar-refractivity contribution in [3.05, 3.63) is 18.6 Å². The molecule has 2 aromatic rings. The normalized spacial score (nSPS) is 18.1. The molecule has 0 radical (unpaired) electrons. The van der Waals surface area contributed by atoms with E-state index < -0.39 is 5.92 Å². The van der Waals surface area contributed by atoms with Gasteiger partial charge in [-0.3, -0.25) is 4.68 Å². The molecule has 2 heterocycles. The van der Waals surface area contributed by atoms with Gasteiger partial charge in [0.25, 0.3) is 0 Å². The van der Waals surface area contributed by atoms with Gasteiger partial charge in [0.15, 0.2) is 0 Å². The van der Waals surface area contributed by atoms with Crippen LogP contribution in [0.5, 0.6) is 0 Å². The SMILES string of the molecule is CN(C)c1ncc(-c2cn(CC3CCC(F)(F)CC3)nn2)cn1. The summed E-state index contributed by atoms with van der Waals surface area (Å²) in [5, 5.41) is 8.22. The Balaban J connectivity index is 1.64. The highest BCUT2D eigenvalue weighted by molar-refractivity contribution is 5.55. The summed E-state index contributed by atoms with van der Waals surface area (Å²) in [6.07, 6.45) is 6.24. The predicted octanol–water partition coefficient (Wildman–Crippen LogP) is 2.63. The molecule has 1 aliphatic carbocycles. The van der Waals surface area contributed by atoms with Crippen LogP contribution < -0.4 is 4.90 Å². The number of hydrogen-bond acceptors (Lipinski definition) is 5. The third-order valence-corrected chi connectivity index (χ3v) is 4.15. The molecule has 0 atom stereocenters. The molecule has 1 saturated carbocycles. The van der Waals surface area contributed by atoms with Gasteiger partial charge in [0.05, 0.1) is 6.20 Å². The van der Waals surface area contributed by atoms with E-state index in [1.807, 2.05) is 25.2 Å². The van der Waals surface area contributed by atoms with Crippen molar-refractivity contribution in [3.8, 4) is 11.3 Å². The summed E-state index contributed by atoms with van der Waals surface area (Å²) in [6.45, 7) is 0.625. The first-order valence-corrected chi connectivity index (χ1v) is 7.71. The highest BCUT2D eigenvalue weighted by atomic mass is 19.3. The zero-order valence-corrected chi connectivity index (χ0v) is 13.3. The second-order valence-electron chi connectivity index (χ2n) is 6.29. The first kappa shape index (κ1) is 15.8. The van der Waals surface area contributed by atoms with Gasteiger partial charge in [0.2, 0.25) is 11.9 Å². The molecule has 124 valence electrons.